The minimum atomic E-state index is -4.55. The Morgan fingerprint density at radius 3 is 2.69 bits per heavy atom. The van der Waals surface area contributed by atoms with Crippen LogP contribution in [0.5, 0.6) is 6.01 Å². The summed E-state index contributed by atoms with van der Waals surface area (Å²) in [6.45, 7) is 0. The first-order chi connectivity index (χ1) is 7.37. The van der Waals surface area contributed by atoms with E-state index in [1.165, 1.54) is 11.6 Å². The third-order valence-corrected chi connectivity index (χ3v) is 2.35. The highest BCUT2D eigenvalue weighted by Crippen LogP contribution is 2.22. The summed E-state index contributed by atoms with van der Waals surface area (Å²) in [6, 6.07) is 4.55. The van der Waals surface area contributed by atoms with Gasteiger partial charge in [-0.1, -0.05) is 0 Å². The molecule has 8 heteroatoms. The Morgan fingerprint density at radius 1 is 1.38 bits per heavy atom. The minimum absolute atomic E-state index is 0.294. The highest BCUT2D eigenvalue weighted by atomic mass is 35.7. The second-order valence-corrected chi connectivity index (χ2v) is 4.07. The number of aromatic nitrogens is 2. The zero-order valence-corrected chi connectivity index (χ0v) is 8.97. The Kier molecular flexibility index (Phi) is 2.39. The van der Waals surface area contributed by atoms with Crippen molar-refractivity contribution in [1.82, 2.24) is 9.55 Å². The Bertz CT molecular complexity index is 534. The van der Waals surface area contributed by atoms with Crippen LogP contribution in [0.2, 0.25) is 0 Å². The smallest absolute Gasteiger partial charge is 0.399 e. The number of hydrogen-bond acceptors (Lipinski definition) is 6. The van der Waals surface area contributed by atoms with Crippen molar-refractivity contribution < 1.29 is 28.5 Å². The van der Waals surface area contributed by atoms with Crippen LogP contribution in [-0.4, -0.2) is 9.55 Å². The van der Waals surface area contributed by atoms with E-state index >= 15 is 0 Å². The molecule has 0 unspecified atom stereocenters. The fraction of sp³-hybridized carbons (Fsp3) is 0.125. The molecule has 1 aromatic carbocycles. The molecule has 0 aliphatic carbocycles. The van der Waals surface area contributed by atoms with Crippen LogP contribution in [0.3, 0.4) is 0 Å². The number of anilines is 1. The minimum Gasteiger partial charge on any atom is -0.399 e. The van der Waals surface area contributed by atoms with Crippen molar-refractivity contribution >= 4 is 16.7 Å². The van der Waals surface area contributed by atoms with E-state index in [-0.39, 0.29) is 6.01 Å². The van der Waals surface area contributed by atoms with Crippen molar-refractivity contribution in [3.63, 3.8) is 0 Å². The zero-order chi connectivity index (χ0) is 11.9. The van der Waals surface area contributed by atoms with Gasteiger partial charge < -0.3 is 5.73 Å². The molecule has 0 saturated heterocycles. The van der Waals surface area contributed by atoms with Gasteiger partial charge in [-0.25, -0.2) is 0 Å². The van der Waals surface area contributed by atoms with Crippen LogP contribution in [0, 0.1) is 10.2 Å². The summed E-state index contributed by atoms with van der Waals surface area (Å²) in [5.74, 6) is 0. The molecule has 0 saturated carbocycles. The van der Waals surface area contributed by atoms with E-state index < -0.39 is 10.2 Å². The van der Waals surface area contributed by atoms with Crippen molar-refractivity contribution in [2.24, 2.45) is 7.05 Å². The summed E-state index contributed by atoms with van der Waals surface area (Å²) in [6.07, 6.45) is 0. The van der Waals surface area contributed by atoms with Gasteiger partial charge in [0.25, 0.3) is 0 Å². The molecular weight excluding hydrogens is 238 g/mol. The molecule has 2 aromatic rings. The largest absolute Gasteiger partial charge is 0.461 e. The maximum atomic E-state index is 10.4. The maximum Gasteiger partial charge on any atom is 0.461 e. The zero-order valence-electron chi connectivity index (χ0n) is 8.21. The van der Waals surface area contributed by atoms with E-state index in [1.807, 2.05) is 0 Å². The van der Waals surface area contributed by atoms with Crippen LogP contribution < -0.4 is 24.0 Å². The third kappa shape index (κ3) is 2.02. The molecule has 0 aliphatic heterocycles. The number of nitrogens with two attached hydrogens (primary N) is 1. The number of benzene rings is 1. The standard InChI is InChI=1S/C8H8ClN3O4/c1-12-7-3-2-5(10)4-6(7)11-8(12)16-9(13,14)15/h2-4H,10H2,1H3. The van der Waals surface area contributed by atoms with E-state index in [2.05, 4.69) is 9.27 Å². The fourth-order valence-corrected chi connectivity index (χ4v) is 1.66. The van der Waals surface area contributed by atoms with Crippen LogP contribution in [0.4, 0.5) is 5.69 Å². The van der Waals surface area contributed by atoms with Gasteiger partial charge in [0.05, 0.1) is 11.0 Å². The first kappa shape index (κ1) is 11.0. The quantitative estimate of drug-likeness (QED) is 0.580. The first-order valence-electron chi connectivity index (χ1n) is 4.19. The predicted molar refractivity (Wildman–Crippen MR) is 45.8 cm³/mol. The number of hydrogen-bond donors (Lipinski definition) is 1. The Hall–Kier alpha value is -1.54. The summed E-state index contributed by atoms with van der Waals surface area (Å²) in [5, 5.41) is 0. The van der Waals surface area contributed by atoms with Gasteiger partial charge >= 0.3 is 6.01 Å². The van der Waals surface area contributed by atoms with Gasteiger partial charge in [0.15, 0.2) is 0 Å². The summed E-state index contributed by atoms with van der Waals surface area (Å²) in [5.41, 5.74) is 7.09. The SMILES string of the molecule is Cn1c(O[Cl+3]([O-])([O-])[O-])nc2cc(N)ccc21. The van der Waals surface area contributed by atoms with Crippen molar-refractivity contribution in [1.29, 1.82) is 0 Å². The van der Waals surface area contributed by atoms with Crippen molar-refractivity contribution in [2.75, 3.05) is 5.73 Å². The highest BCUT2D eigenvalue weighted by Gasteiger charge is 2.25. The Labute approximate surface area is 92.4 Å². The second-order valence-electron chi connectivity index (χ2n) is 3.16. The molecule has 0 atom stereocenters. The van der Waals surface area contributed by atoms with Crippen LogP contribution >= 0.6 is 0 Å². The molecular formula is C8H8ClN3O4. The third-order valence-electron chi connectivity index (χ3n) is 2.03. The topological polar surface area (TPSA) is 122 Å². The summed E-state index contributed by atoms with van der Waals surface area (Å²) >= 11 is 0. The lowest BCUT2D eigenvalue weighted by atomic mass is 10.3. The molecule has 7 nitrogen and oxygen atoms in total. The van der Waals surface area contributed by atoms with Crippen LogP contribution in [-0.2, 0) is 7.05 Å². The van der Waals surface area contributed by atoms with E-state index in [4.69, 9.17) is 5.73 Å². The van der Waals surface area contributed by atoms with Gasteiger partial charge in [-0.15, -0.1) is 0 Å². The number of fused-ring (bicyclic) bond motifs is 1. The Balaban J connectivity index is 2.52. The van der Waals surface area contributed by atoms with Gasteiger partial charge in [0, 0.05) is 12.7 Å². The van der Waals surface area contributed by atoms with Gasteiger partial charge in [-0.2, -0.15) is 19.0 Å². The molecule has 2 rings (SSSR count). The number of nitrogens with zero attached hydrogens (tertiary/aromatic N) is 2. The highest BCUT2D eigenvalue weighted by molar-refractivity contribution is 5.80. The average Bonchev–Trinajstić information content (AvgIpc) is 2.40. The molecule has 0 spiro atoms. The molecule has 1 heterocycles. The van der Waals surface area contributed by atoms with Crippen molar-refractivity contribution in [3.8, 4) is 6.01 Å². The summed E-state index contributed by atoms with van der Waals surface area (Å²) in [7, 11) is -3.02. The van der Waals surface area contributed by atoms with E-state index in [0.717, 1.165) is 0 Å². The van der Waals surface area contributed by atoms with Crippen molar-refractivity contribution in [2.45, 2.75) is 0 Å². The molecule has 86 valence electrons. The van der Waals surface area contributed by atoms with Gasteiger partial charge in [-0.3, -0.25) is 4.57 Å². The van der Waals surface area contributed by atoms with E-state index in [9.17, 15) is 14.0 Å². The Morgan fingerprint density at radius 2 is 2.06 bits per heavy atom. The second kappa shape index (κ2) is 3.49. The van der Waals surface area contributed by atoms with Gasteiger partial charge in [0.1, 0.15) is 10.2 Å². The first-order valence-corrected chi connectivity index (χ1v) is 5.42. The van der Waals surface area contributed by atoms with Crippen LogP contribution in [0.1, 0.15) is 0 Å². The summed E-state index contributed by atoms with van der Waals surface area (Å²) < 4.78 is 36.7. The molecule has 0 bridgehead atoms. The van der Waals surface area contributed by atoms with E-state index in [1.54, 1.807) is 18.2 Å². The molecule has 0 aliphatic rings. The lowest BCUT2D eigenvalue weighted by Crippen LogP contribution is -2.63. The molecule has 0 amide bonds. The lowest BCUT2D eigenvalue weighted by Gasteiger charge is -2.10. The maximum absolute atomic E-state index is 10.4. The molecule has 0 radical (unpaired) electrons. The molecule has 0 fully saturated rings. The number of halogens is 1. The van der Waals surface area contributed by atoms with Crippen LogP contribution in [0.25, 0.3) is 11.0 Å². The number of imidazole rings is 1. The summed E-state index contributed by atoms with van der Waals surface area (Å²) in [4.78, 5) is 3.83. The number of rotatable bonds is 2. The molecule has 2 N–H and O–H groups in total. The number of nitrogen functional groups attached to an aromatic ring is 1. The van der Waals surface area contributed by atoms with E-state index in [0.29, 0.717) is 16.7 Å². The number of aryl methyl sites for hydroxylation is 1. The van der Waals surface area contributed by atoms with Gasteiger partial charge in [0.2, 0.25) is 0 Å². The normalized spacial score (nSPS) is 12.0. The van der Waals surface area contributed by atoms with Crippen molar-refractivity contribution in [3.05, 3.63) is 18.2 Å². The lowest BCUT2D eigenvalue weighted by molar-refractivity contribution is -1.91. The monoisotopic (exact) mass is 245 g/mol. The predicted octanol–water partition coefficient (Wildman–Crippen LogP) is -2.57. The van der Waals surface area contributed by atoms with Gasteiger partial charge in [-0.05, 0) is 22.5 Å². The average molecular weight is 246 g/mol. The molecule has 1 aromatic heterocycles. The fourth-order valence-electron chi connectivity index (χ4n) is 1.35. The molecule has 16 heavy (non-hydrogen) atoms. The van der Waals surface area contributed by atoms with Crippen LogP contribution in [0.15, 0.2) is 18.2 Å².